The highest BCUT2D eigenvalue weighted by atomic mass is 16.5. The molecule has 1 aliphatic heterocycles. The molecule has 1 aliphatic carbocycles. The lowest BCUT2D eigenvalue weighted by atomic mass is 9.70. The number of aromatic nitrogens is 3. The Morgan fingerprint density at radius 1 is 1.26 bits per heavy atom. The molecule has 3 heterocycles. The first-order valence-electron chi connectivity index (χ1n) is 8.32. The van der Waals surface area contributed by atoms with E-state index < -0.39 is 0 Å². The zero-order valence-electron chi connectivity index (χ0n) is 13.6. The molecular formula is C17H22N4O2. The lowest BCUT2D eigenvalue weighted by Gasteiger charge is -2.35. The van der Waals surface area contributed by atoms with E-state index in [0.29, 0.717) is 17.7 Å². The molecule has 0 aromatic carbocycles. The minimum Gasteiger partial charge on any atom is -0.481 e. The van der Waals surface area contributed by atoms with Gasteiger partial charge in [0.2, 0.25) is 17.6 Å². The maximum Gasteiger partial charge on any atom is 0.234 e. The van der Waals surface area contributed by atoms with E-state index in [1.54, 1.807) is 7.11 Å². The van der Waals surface area contributed by atoms with Crippen LogP contribution in [-0.2, 0) is 5.41 Å². The number of ether oxygens (including phenoxy) is 1. The summed E-state index contributed by atoms with van der Waals surface area (Å²) in [7, 11) is 1.61. The van der Waals surface area contributed by atoms with Gasteiger partial charge in [0.05, 0.1) is 12.5 Å². The summed E-state index contributed by atoms with van der Waals surface area (Å²) in [6.45, 7) is 2.97. The maximum atomic E-state index is 5.71. The van der Waals surface area contributed by atoms with Crippen molar-refractivity contribution in [3.63, 3.8) is 0 Å². The normalized spacial score (nSPS) is 27.0. The first-order chi connectivity index (χ1) is 11.2. The van der Waals surface area contributed by atoms with Gasteiger partial charge in [-0.1, -0.05) is 18.0 Å². The van der Waals surface area contributed by atoms with Crippen LogP contribution in [0.3, 0.4) is 0 Å². The predicted octanol–water partition coefficient (Wildman–Crippen LogP) is 2.62. The standard InChI is InChI=1S/C17H22N4O2/c1-11-9-12(10-14(19-11)22-2)15-20-16(23-21-15)17-6-4-3-5-13(17)18-8-7-17/h9-10,13,18H,3-8H2,1-2H3/t13-,17+/m0/s1. The Hall–Kier alpha value is -1.95. The third kappa shape index (κ3) is 2.41. The Morgan fingerprint density at radius 3 is 3.04 bits per heavy atom. The van der Waals surface area contributed by atoms with E-state index >= 15 is 0 Å². The summed E-state index contributed by atoms with van der Waals surface area (Å²) in [4.78, 5) is 9.06. The van der Waals surface area contributed by atoms with E-state index in [9.17, 15) is 0 Å². The van der Waals surface area contributed by atoms with Crippen molar-refractivity contribution < 1.29 is 9.26 Å². The molecule has 1 saturated heterocycles. The number of nitrogens with zero attached hydrogens (tertiary/aromatic N) is 3. The van der Waals surface area contributed by atoms with Crippen molar-refractivity contribution in [3.05, 3.63) is 23.7 Å². The van der Waals surface area contributed by atoms with Crippen LogP contribution in [0.5, 0.6) is 5.88 Å². The van der Waals surface area contributed by atoms with Gasteiger partial charge in [0.25, 0.3) is 0 Å². The monoisotopic (exact) mass is 314 g/mol. The average molecular weight is 314 g/mol. The molecule has 0 spiro atoms. The second kappa shape index (κ2) is 5.60. The molecule has 0 amide bonds. The molecular weight excluding hydrogens is 292 g/mol. The Balaban J connectivity index is 1.70. The van der Waals surface area contributed by atoms with E-state index in [1.165, 1.54) is 19.3 Å². The van der Waals surface area contributed by atoms with Gasteiger partial charge in [-0.3, -0.25) is 0 Å². The third-order valence-corrected chi connectivity index (χ3v) is 5.24. The highest BCUT2D eigenvalue weighted by molar-refractivity contribution is 5.56. The molecule has 2 aromatic heterocycles. The number of aryl methyl sites for hydroxylation is 1. The van der Waals surface area contributed by atoms with Gasteiger partial charge in [-0.05, 0) is 38.8 Å². The largest absolute Gasteiger partial charge is 0.481 e. The first kappa shape index (κ1) is 14.6. The molecule has 0 bridgehead atoms. The number of fused-ring (bicyclic) bond motifs is 1. The number of rotatable bonds is 3. The Labute approximate surface area is 135 Å². The summed E-state index contributed by atoms with van der Waals surface area (Å²) in [6.07, 6.45) is 5.92. The number of hydrogen-bond acceptors (Lipinski definition) is 6. The van der Waals surface area contributed by atoms with Crippen molar-refractivity contribution in [1.82, 2.24) is 20.4 Å². The van der Waals surface area contributed by atoms with Crippen LogP contribution in [-0.4, -0.2) is 34.8 Å². The fourth-order valence-corrected chi connectivity index (χ4v) is 4.08. The van der Waals surface area contributed by atoms with Gasteiger partial charge >= 0.3 is 0 Å². The van der Waals surface area contributed by atoms with Crippen LogP contribution >= 0.6 is 0 Å². The number of nitrogens with one attached hydrogen (secondary N) is 1. The van der Waals surface area contributed by atoms with Crippen LogP contribution in [0, 0.1) is 6.92 Å². The Bertz CT molecular complexity index is 714. The number of methoxy groups -OCH3 is 1. The summed E-state index contributed by atoms with van der Waals surface area (Å²) in [5.41, 5.74) is 1.79. The van der Waals surface area contributed by atoms with E-state index in [-0.39, 0.29) is 5.41 Å². The van der Waals surface area contributed by atoms with E-state index in [4.69, 9.17) is 14.2 Å². The molecule has 1 saturated carbocycles. The Kier molecular flexibility index (Phi) is 3.56. The van der Waals surface area contributed by atoms with Gasteiger partial charge in [0.1, 0.15) is 0 Å². The second-order valence-electron chi connectivity index (χ2n) is 6.62. The minimum absolute atomic E-state index is 0.0235. The first-order valence-corrected chi connectivity index (χ1v) is 8.32. The van der Waals surface area contributed by atoms with Crippen molar-refractivity contribution in [1.29, 1.82) is 0 Å². The van der Waals surface area contributed by atoms with E-state index in [1.807, 2.05) is 19.1 Å². The average Bonchev–Trinajstić information content (AvgIpc) is 3.21. The van der Waals surface area contributed by atoms with Gasteiger partial charge in [-0.25, -0.2) is 4.98 Å². The quantitative estimate of drug-likeness (QED) is 0.939. The molecule has 2 aliphatic rings. The molecule has 6 heteroatoms. The summed E-state index contributed by atoms with van der Waals surface area (Å²) >= 11 is 0. The van der Waals surface area contributed by atoms with Crippen molar-refractivity contribution in [2.45, 2.75) is 50.5 Å². The molecule has 2 aromatic rings. The molecule has 0 radical (unpaired) electrons. The maximum absolute atomic E-state index is 5.71. The lowest BCUT2D eigenvalue weighted by Crippen LogP contribution is -2.43. The van der Waals surface area contributed by atoms with Crippen LogP contribution in [0.15, 0.2) is 16.7 Å². The molecule has 4 rings (SSSR count). The SMILES string of the molecule is COc1cc(-c2noc([C@@]34CCCC[C@@H]3NCC4)n2)cc(C)n1. The van der Waals surface area contributed by atoms with Crippen LogP contribution in [0.4, 0.5) is 0 Å². The van der Waals surface area contributed by atoms with Crippen molar-refractivity contribution in [2.75, 3.05) is 13.7 Å². The summed E-state index contributed by atoms with van der Waals surface area (Å²) < 4.78 is 11.0. The summed E-state index contributed by atoms with van der Waals surface area (Å²) in [5, 5.41) is 7.85. The van der Waals surface area contributed by atoms with Crippen molar-refractivity contribution >= 4 is 0 Å². The van der Waals surface area contributed by atoms with Crippen LogP contribution in [0.1, 0.15) is 43.7 Å². The zero-order chi connectivity index (χ0) is 15.9. The smallest absolute Gasteiger partial charge is 0.234 e. The van der Waals surface area contributed by atoms with Crippen LogP contribution < -0.4 is 10.1 Å². The van der Waals surface area contributed by atoms with Crippen LogP contribution in [0.2, 0.25) is 0 Å². The highest BCUT2D eigenvalue weighted by Gasteiger charge is 2.49. The second-order valence-corrected chi connectivity index (χ2v) is 6.62. The molecule has 0 unspecified atom stereocenters. The highest BCUT2D eigenvalue weighted by Crippen LogP contribution is 2.44. The topological polar surface area (TPSA) is 73.1 Å². The van der Waals surface area contributed by atoms with Crippen molar-refractivity contribution in [3.8, 4) is 17.3 Å². The number of pyridine rings is 1. The Morgan fingerprint density at radius 2 is 2.17 bits per heavy atom. The molecule has 122 valence electrons. The molecule has 2 atom stereocenters. The zero-order valence-corrected chi connectivity index (χ0v) is 13.6. The fourth-order valence-electron chi connectivity index (χ4n) is 4.08. The summed E-state index contributed by atoms with van der Waals surface area (Å²) in [6, 6.07) is 4.28. The van der Waals surface area contributed by atoms with Crippen LogP contribution in [0.25, 0.3) is 11.4 Å². The predicted molar refractivity (Wildman–Crippen MR) is 85.4 cm³/mol. The molecule has 6 nitrogen and oxygen atoms in total. The van der Waals surface area contributed by atoms with Gasteiger partial charge in [0, 0.05) is 23.4 Å². The minimum atomic E-state index is 0.0235. The van der Waals surface area contributed by atoms with E-state index in [0.717, 1.165) is 36.5 Å². The summed E-state index contributed by atoms with van der Waals surface area (Å²) in [5.74, 6) is 1.98. The lowest BCUT2D eigenvalue weighted by molar-refractivity contribution is 0.199. The van der Waals surface area contributed by atoms with E-state index in [2.05, 4.69) is 15.5 Å². The van der Waals surface area contributed by atoms with Gasteiger partial charge < -0.3 is 14.6 Å². The van der Waals surface area contributed by atoms with Gasteiger partial charge in [-0.2, -0.15) is 4.98 Å². The third-order valence-electron chi connectivity index (χ3n) is 5.24. The molecule has 2 fully saturated rings. The van der Waals surface area contributed by atoms with Gasteiger partial charge in [0.15, 0.2) is 0 Å². The van der Waals surface area contributed by atoms with Crippen molar-refractivity contribution in [2.24, 2.45) is 0 Å². The fraction of sp³-hybridized carbons (Fsp3) is 0.588. The van der Waals surface area contributed by atoms with Gasteiger partial charge in [-0.15, -0.1) is 0 Å². The molecule has 1 N–H and O–H groups in total. The number of hydrogen-bond donors (Lipinski definition) is 1. The molecule has 23 heavy (non-hydrogen) atoms.